The van der Waals surface area contributed by atoms with E-state index in [2.05, 4.69) is 0 Å². The molecule has 0 bridgehead atoms. The van der Waals surface area contributed by atoms with E-state index in [4.69, 9.17) is 20.6 Å². The second kappa shape index (κ2) is 12.4. The van der Waals surface area contributed by atoms with Gasteiger partial charge in [-0.05, 0) is 65.7 Å². The third kappa shape index (κ3) is 7.68. The van der Waals surface area contributed by atoms with E-state index in [0.29, 0.717) is 16.2 Å². The molecule has 4 aromatic carbocycles. The number of benzene rings is 4. The fourth-order valence-electron chi connectivity index (χ4n) is 3.21. The monoisotopic (exact) mass is 514 g/mol. The predicted molar refractivity (Wildman–Crippen MR) is 141 cm³/mol. The Morgan fingerprint density at radius 3 is 1.77 bits per heavy atom. The molecule has 8 heteroatoms. The molecule has 172 valence electrons. The molecule has 0 fully saturated rings. The summed E-state index contributed by atoms with van der Waals surface area (Å²) in [6.07, 6.45) is 1.81. The number of carbonyl (C=O) groups is 1. The van der Waals surface area contributed by atoms with Crippen LogP contribution < -0.4 is 9.05 Å². The molecule has 0 aromatic heterocycles. The van der Waals surface area contributed by atoms with Crippen LogP contribution in [0.3, 0.4) is 0 Å². The van der Waals surface area contributed by atoms with Crippen molar-refractivity contribution in [3.05, 3.63) is 131 Å². The van der Waals surface area contributed by atoms with E-state index in [1.165, 1.54) is 24.3 Å². The van der Waals surface area contributed by atoms with Crippen molar-refractivity contribution in [2.24, 2.45) is 0 Å². The van der Waals surface area contributed by atoms with Gasteiger partial charge in [-0.1, -0.05) is 72.3 Å². The molecule has 35 heavy (non-hydrogen) atoms. The Bertz CT molecular complexity index is 1340. The van der Waals surface area contributed by atoms with Gasteiger partial charge < -0.3 is 9.05 Å². The summed E-state index contributed by atoms with van der Waals surface area (Å²) in [4.78, 5) is 23.4. The van der Waals surface area contributed by atoms with Gasteiger partial charge >= 0.3 is 37.4 Å². The van der Waals surface area contributed by atoms with Crippen LogP contribution in [-0.2, 0) is 4.57 Å². The average molecular weight is 515 g/mol. The van der Waals surface area contributed by atoms with Crippen molar-refractivity contribution in [2.45, 2.75) is 0 Å². The summed E-state index contributed by atoms with van der Waals surface area (Å²) >= 11 is 6.02. The molecule has 1 N–H and O–H groups in total. The molecule has 0 saturated heterocycles. The van der Waals surface area contributed by atoms with Crippen molar-refractivity contribution >= 4 is 66.4 Å². The molecular weight excluding hydrogens is 494 g/mol. The zero-order chi connectivity index (χ0) is 24.0. The first-order chi connectivity index (χ1) is 16.4. The average Bonchev–Trinajstić information content (AvgIpc) is 2.84. The van der Waals surface area contributed by atoms with Crippen LogP contribution in [0.15, 0.2) is 109 Å². The molecule has 0 aliphatic rings. The van der Waals surface area contributed by atoms with E-state index in [0.717, 1.165) is 11.1 Å². The Morgan fingerprint density at radius 2 is 1.20 bits per heavy atom. The first-order valence-corrected chi connectivity index (χ1v) is 12.2. The van der Waals surface area contributed by atoms with Gasteiger partial charge in [-0.25, -0.2) is 4.57 Å². The molecule has 1 atom stereocenters. The maximum absolute atomic E-state index is 13.4. The Labute approximate surface area is 230 Å². The number of Topliss-reactive ketones (excluding diaryl/α,β-unsaturated/α-hetero) is 1. The normalized spacial score (nSPS) is 12.7. The van der Waals surface area contributed by atoms with E-state index < -0.39 is 7.82 Å². The summed E-state index contributed by atoms with van der Waals surface area (Å²) in [5.41, 5.74) is 2.47. The first-order valence-electron chi connectivity index (χ1n) is 10.3. The molecular formula is C27H21ClNaO5P. The third-order valence-corrected chi connectivity index (χ3v) is 5.95. The molecule has 5 nitrogen and oxygen atoms in total. The van der Waals surface area contributed by atoms with Crippen LogP contribution in [-0.4, -0.2) is 40.2 Å². The predicted octanol–water partition coefficient (Wildman–Crippen LogP) is 6.67. The number of hydrogen-bond donors (Lipinski definition) is 1. The van der Waals surface area contributed by atoms with Crippen LogP contribution in [0, 0.1) is 0 Å². The minimum atomic E-state index is -4.40. The van der Waals surface area contributed by atoms with Crippen molar-refractivity contribution in [2.75, 3.05) is 0 Å². The number of phosphoric ester groups is 1. The van der Waals surface area contributed by atoms with Gasteiger partial charge in [0.2, 0.25) is 0 Å². The van der Waals surface area contributed by atoms with Crippen molar-refractivity contribution < 1.29 is 23.3 Å². The van der Waals surface area contributed by atoms with E-state index >= 15 is 0 Å². The fourth-order valence-corrected chi connectivity index (χ4v) is 4.15. The summed E-state index contributed by atoms with van der Waals surface area (Å²) in [5.74, 6) is 0.0858. The number of allylic oxidation sites excluding steroid dienone is 1. The molecule has 4 aromatic rings. The van der Waals surface area contributed by atoms with Gasteiger partial charge in [-0.2, -0.15) is 0 Å². The first kappa shape index (κ1) is 27.0. The Kier molecular flexibility index (Phi) is 9.53. The van der Waals surface area contributed by atoms with E-state index in [9.17, 15) is 14.3 Å². The molecule has 0 radical (unpaired) electrons. The minimum absolute atomic E-state index is 0. The van der Waals surface area contributed by atoms with E-state index in [1.807, 2.05) is 36.4 Å². The quantitative estimate of drug-likeness (QED) is 0.0934. The third-order valence-electron chi connectivity index (χ3n) is 4.81. The Balaban J connectivity index is 0.00000342. The summed E-state index contributed by atoms with van der Waals surface area (Å²) < 4.78 is 22.5. The number of hydrogen-bond acceptors (Lipinski definition) is 4. The number of ketones is 1. The zero-order valence-corrected chi connectivity index (χ0v) is 19.5. The van der Waals surface area contributed by atoms with Crippen LogP contribution in [0.5, 0.6) is 11.5 Å². The van der Waals surface area contributed by atoms with Crippen LogP contribution in [0.4, 0.5) is 0 Å². The van der Waals surface area contributed by atoms with Crippen molar-refractivity contribution in [1.29, 1.82) is 0 Å². The molecule has 0 saturated carbocycles. The molecule has 0 amide bonds. The SMILES string of the molecule is O=C(C(=Cc1ccccc1)c1ccc(Cl)cc1)c1ccc(OP(=O)(O)Oc2ccccc2)cc1.[NaH]. The van der Waals surface area contributed by atoms with Gasteiger partial charge in [0.05, 0.1) is 0 Å². The second-order valence-electron chi connectivity index (χ2n) is 7.29. The molecule has 1 unspecified atom stereocenters. The molecule has 4 rings (SSSR count). The van der Waals surface area contributed by atoms with Crippen LogP contribution in [0.1, 0.15) is 21.5 Å². The van der Waals surface area contributed by atoms with Gasteiger partial charge in [-0.3, -0.25) is 9.69 Å². The summed E-state index contributed by atoms with van der Waals surface area (Å²) in [5, 5.41) is 0.572. The van der Waals surface area contributed by atoms with E-state index in [-0.39, 0.29) is 46.8 Å². The zero-order valence-electron chi connectivity index (χ0n) is 17.9. The second-order valence-corrected chi connectivity index (χ2v) is 9.03. The summed E-state index contributed by atoms with van der Waals surface area (Å²) in [7, 11) is -4.40. The van der Waals surface area contributed by atoms with Crippen molar-refractivity contribution in [3.63, 3.8) is 0 Å². The molecule has 0 aliphatic carbocycles. The number of carbonyl (C=O) groups excluding carboxylic acids is 1. The van der Waals surface area contributed by atoms with E-state index in [1.54, 1.807) is 54.6 Å². The molecule has 0 spiro atoms. The van der Waals surface area contributed by atoms with Crippen LogP contribution >= 0.6 is 19.4 Å². The summed E-state index contributed by atoms with van der Waals surface area (Å²) in [6, 6.07) is 30.7. The Morgan fingerprint density at radius 1 is 0.714 bits per heavy atom. The molecule has 0 aliphatic heterocycles. The van der Waals surface area contributed by atoms with Crippen molar-refractivity contribution in [1.82, 2.24) is 0 Å². The van der Waals surface area contributed by atoms with Gasteiger partial charge in [0, 0.05) is 16.2 Å². The Hall–Kier alpha value is -2.63. The number of phosphoric acid groups is 1. The summed E-state index contributed by atoms with van der Waals surface area (Å²) in [6.45, 7) is 0. The number of rotatable bonds is 8. The van der Waals surface area contributed by atoms with Gasteiger partial charge in [0.1, 0.15) is 11.5 Å². The standard InChI is InChI=1S/C27H20ClO5P.Na.H/c28-23-15-11-21(12-16-23)26(19-20-7-3-1-4-8-20)27(29)22-13-17-25(18-14-22)33-34(30,31)32-24-9-5-2-6-10-24;;/h1-19H,(H,30,31);;. The molecule has 0 heterocycles. The fraction of sp³-hybridized carbons (Fsp3) is 0. The van der Waals surface area contributed by atoms with Gasteiger partial charge in [0.25, 0.3) is 0 Å². The van der Waals surface area contributed by atoms with Crippen molar-refractivity contribution in [3.8, 4) is 11.5 Å². The van der Waals surface area contributed by atoms with Crippen LogP contribution in [0.25, 0.3) is 11.6 Å². The maximum atomic E-state index is 13.4. The van der Waals surface area contributed by atoms with Crippen LogP contribution in [0.2, 0.25) is 5.02 Å². The topological polar surface area (TPSA) is 72.8 Å². The van der Waals surface area contributed by atoms with Gasteiger partial charge in [-0.15, -0.1) is 0 Å². The number of halogens is 1. The van der Waals surface area contributed by atoms with Gasteiger partial charge in [0.15, 0.2) is 5.78 Å². The number of para-hydroxylation sites is 1.